The average molecular weight is 280 g/mol. The van der Waals surface area contributed by atoms with Crippen LogP contribution in [0.1, 0.15) is 6.92 Å². The molecule has 0 saturated heterocycles. The molecule has 0 fully saturated rings. The smallest absolute Gasteiger partial charge is 0.0239 e. The molecule has 0 saturated carbocycles. The van der Waals surface area contributed by atoms with E-state index in [1.54, 1.807) is 6.08 Å². The fraction of sp³-hybridized carbons (Fsp3) is 0.111. The van der Waals surface area contributed by atoms with E-state index in [4.69, 9.17) is 0 Å². The summed E-state index contributed by atoms with van der Waals surface area (Å²) in [5, 5.41) is 0. The summed E-state index contributed by atoms with van der Waals surface area (Å²) in [5.74, 6) is 0. The van der Waals surface area contributed by atoms with Crippen LogP contribution in [0.4, 0.5) is 0 Å². The highest BCUT2D eigenvalue weighted by Crippen LogP contribution is 2.17. The van der Waals surface area contributed by atoms with Gasteiger partial charge in [0, 0.05) is 8.96 Å². The predicted octanol–water partition coefficient (Wildman–Crippen LogP) is 4.55. The van der Waals surface area contributed by atoms with Crippen LogP contribution in [0.25, 0.3) is 0 Å². The van der Waals surface area contributed by atoms with Gasteiger partial charge in [0.05, 0.1) is 0 Å². The first-order chi connectivity index (χ1) is 4.91. The van der Waals surface area contributed by atoms with E-state index >= 15 is 0 Å². The minimum atomic E-state index is 0.794. The molecule has 0 spiro atoms. The highest BCUT2D eigenvalue weighted by Gasteiger charge is 1.82. The van der Waals surface area contributed by atoms with Gasteiger partial charge in [0.1, 0.15) is 0 Å². The molecule has 0 aliphatic rings. The standard InChI is InChI=1S/C5H8.C4H4Br2/c1-4-5(2)3;1-3(5)4(2)6/h4H,1-2H2,3H3;1-2H2. The van der Waals surface area contributed by atoms with Gasteiger partial charge < -0.3 is 0 Å². The van der Waals surface area contributed by atoms with Crippen LogP contribution in [0.3, 0.4) is 0 Å². The second-order valence-electron chi connectivity index (χ2n) is 1.86. The van der Waals surface area contributed by atoms with Crippen LogP contribution in [-0.4, -0.2) is 0 Å². The maximum absolute atomic E-state index is 3.56. The summed E-state index contributed by atoms with van der Waals surface area (Å²) in [6.45, 7) is 16.0. The molecule has 0 rings (SSSR count). The summed E-state index contributed by atoms with van der Waals surface area (Å²) in [4.78, 5) is 0. The first-order valence-electron chi connectivity index (χ1n) is 2.89. The number of rotatable bonds is 2. The molecule has 0 amide bonds. The normalized spacial score (nSPS) is 7.18. The van der Waals surface area contributed by atoms with Gasteiger partial charge in [-0.25, -0.2) is 0 Å². The van der Waals surface area contributed by atoms with Crippen LogP contribution in [0.5, 0.6) is 0 Å². The zero-order valence-electron chi connectivity index (χ0n) is 6.66. The average Bonchev–Trinajstić information content (AvgIpc) is 1.89. The second-order valence-corrected chi connectivity index (χ2v) is 3.77. The van der Waals surface area contributed by atoms with E-state index in [0.29, 0.717) is 0 Å². The van der Waals surface area contributed by atoms with Crippen molar-refractivity contribution in [3.05, 3.63) is 46.9 Å². The van der Waals surface area contributed by atoms with E-state index in [2.05, 4.69) is 58.2 Å². The number of hydrogen-bond acceptors (Lipinski definition) is 0. The van der Waals surface area contributed by atoms with Crippen molar-refractivity contribution in [2.45, 2.75) is 6.92 Å². The molecule has 2 heteroatoms. The van der Waals surface area contributed by atoms with E-state index in [1.165, 1.54) is 0 Å². The molecule has 0 N–H and O–H groups in total. The zero-order chi connectivity index (χ0) is 9.44. The topological polar surface area (TPSA) is 0 Å². The Bertz CT molecular complexity index is 166. The van der Waals surface area contributed by atoms with Gasteiger partial charge in [-0.1, -0.05) is 69.8 Å². The van der Waals surface area contributed by atoms with Gasteiger partial charge in [-0.15, -0.1) is 0 Å². The molecule has 0 aromatic heterocycles. The van der Waals surface area contributed by atoms with Crippen molar-refractivity contribution >= 4 is 31.9 Å². The molecular formula is C9H12Br2. The van der Waals surface area contributed by atoms with Crippen molar-refractivity contribution in [2.75, 3.05) is 0 Å². The second kappa shape index (κ2) is 8.02. The minimum Gasteiger partial charge on any atom is -0.0988 e. The van der Waals surface area contributed by atoms with Crippen LogP contribution >= 0.6 is 31.9 Å². The van der Waals surface area contributed by atoms with Crippen molar-refractivity contribution in [2.24, 2.45) is 0 Å². The van der Waals surface area contributed by atoms with Crippen molar-refractivity contribution in [1.82, 2.24) is 0 Å². The predicted molar refractivity (Wildman–Crippen MR) is 61.1 cm³/mol. The Balaban J connectivity index is 0. The van der Waals surface area contributed by atoms with E-state index in [9.17, 15) is 0 Å². The molecule has 0 bridgehead atoms. The molecule has 0 radical (unpaired) electrons. The summed E-state index contributed by atoms with van der Waals surface area (Å²) in [6, 6.07) is 0. The monoisotopic (exact) mass is 278 g/mol. The van der Waals surface area contributed by atoms with Gasteiger partial charge in [-0.3, -0.25) is 0 Å². The molecule has 0 unspecified atom stereocenters. The minimum absolute atomic E-state index is 0.794. The Morgan fingerprint density at radius 3 is 1.27 bits per heavy atom. The van der Waals surface area contributed by atoms with Gasteiger partial charge in [0.25, 0.3) is 0 Å². The van der Waals surface area contributed by atoms with Gasteiger partial charge in [-0.2, -0.15) is 0 Å². The van der Waals surface area contributed by atoms with Gasteiger partial charge >= 0.3 is 0 Å². The SMILES string of the molecule is C=C(Br)C(=C)Br.C=CC(=C)C. The zero-order valence-corrected chi connectivity index (χ0v) is 9.83. The molecule has 0 aliphatic carbocycles. The highest BCUT2D eigenvalue weighted by molar-refractivity contribution is 9.15. The number of halogens is 2. The largest absolute Gasteiger partial charge is 0.0988 e. The van der Waals surface area contributed by atoms with Crippen LogP contribution in [-0.2, 0) is 0 Å². The van der Waals surface area contributed by atoms with Crippen molar-refractivity contribution < 1.29 is 0 Å². The first kappa shape index (κ1) is 13.5. The Kier molecular flexibility index (Phi) is 9.85. The Morgan fingerprint density at radius 2 is 1.27 bits per heavy atom. The lowest BCUT2D eigenvalue weighted by atomic mass is 10.4. The summed E-state index contributed by atoms with van der Waals surface area (Å²) in [7, 11) is 0. The molecule has 0 aromatic carbocycles. The Labute approximate surface area is 85.6 Å². The van der Waals surface area contributed by atoms with Gasteiger partial charge in [0.2, 0.25) is 0 Å². The number of hydrogen-bond donors (Lipinski definition) is 0. The van der Waals surface area contributed by atoms with E-state index in [0.717, 1.165) is 14.5 Å². The summed E-state index contributed by atoms with van der Waals surface area (Å²) in [6.07, 6.45) is 1.72. The third-order valence-corrected chi connectivity index (χ3v) is 2.13. The molecule has 0 aromatic rings. The molecule has 62 valence electrons. The van der Waals surface area contributed by atoms with Crippen molar-refractivity contribution in [3.8, 4) is 0 Å². The summed E-state index contributed by atoms with van der Waals surface area (Å²) < 4.78 is 1.59. The Morgan fingerprint density at radius 1 is 1.09 bits per heavy atom. The third-order valence-electron chi connectivity index (χ3n) is 0.643. The number of allylic oxidation sites excluding steroid dienone is 4. The fourth-order valence-corrected chi connectivity index (χ4v) is 0. The molecular weight excluding hydrogens is 268 g/mol. The maximum atomic E-state index is 3.56. The summed E-state index contributed by atoms with van der Waals surface area (Å²) in [5.41, 5.74) is 1.02. The van der Waals surface area contributed by atoms with Crippen molar-refractivity contribution in [3.63, 3.8) is 0 Å². The lowest BCUT2D eigenvalue weighted by molar-refractivity contribution is 1.58. The van der Waals surface area contributed by atoms with E-state index in [1.807, 2.05) is 6.92 Å². The molecule has 0 aliphatic heterocycles. The quantitative estimate of drug-likeness (QED) is 0.651. The van der Waals surface area contributed by atoms with Crippen molar-refractivity contribution in [1.29, 1.82) is 0 Å². The van der Waals surface area contributed by atoms with Gasteiger partial charge in [0.15, 0.2) is 0 Å². The maximum Gasteiger partial charge on any atom is 0.0239 e. The Hall–Kier alpha value is -0.0800. The lowest BCUT2D eigenvalue weighted by Gasteiger charge is -1.83. The van der Waals surface area contributed by atoms with Gasteiger partial charge in [-0.05, 0) is 6.92 Å². The van der Waals surface area contributed by atoms with Crippen LogP contribution < -0.4 is 0 Å². The molecule has 0 atom stereocenters. The summed E-state index contributed by atoms with van der Waals surface area (Å²) >= 11 is 6.20. The van der Waals surface area contributed by atoms with E-state index in [-0.39, 0.29) is 0 Å². The third kappa shape index (κ3) is 17.8. The van der Waals surface area contributed by atoms with E-state index < -0.39 is 0 Å². The van der Waals surface area contributed by atoms with Crippen LogP contribution in [0.15, 0.2) is 46.9 Å². The lowest BCUT2D eigenvalue weighted by Crippen LogP contribution is -1.55. The van der Waals surface area contributed by atoms with Crippen LogP contribution in [0.2, 0.25) is 0 Å². The highest BCUT2D eigenvalue weighted by atomic mass is 79.9. The van der Waals surface area contributed by atoms with Crippen LogP contribution in [0, 0.1) is 0 Å². The molecule has 0 nitrogen and oxygen atoms in total. The fourth-order valence-electron chi connectivity index (χ4n) is 0. The molecule has 11 heavy (non-hydrogen) atoms. The molecule has 0 heterocycles. The first-order valence-corrected chi connectivity index (χ1v) is 4.47.